The van der Waals surface area contributed by atoms with Crippen LogP contribution in [0.3, 0.4) is 0 Å². The number of benzene rings is 2. The van der Waals surface area contributed by atoms with Gasteiger partial charge < -0.3 is 10.0 Å². The first-order valence-corrected chi connectivity index (χ1v) is 11.7. The number of hydrogen-bond donors (Lipinski definition) is 1. The fourth-order valence-electron chi connectivity index (χ4n) is 4.79. The summed E-state index contributed by atoms with van der Waals surface area (Å²) in [6, 6.07) is 13.0. The first-order valence-electron chi connectivity index (χ1n) is 11.3. The van der Waals surface area contributed by atoms with Crippen LogP contribution in [0, 0.1) is 0 Å². The Hall–Kier alpha value is -3.15. The van der Waals surface area contributed by atoms with Crippen molar-refractivity contribution in [3.63, 3.8) is 0 Å². The van der Waals surface area contributed by atoms with Gasteiger partial charge in [0, 0.05) is 29.5 Å². The average Bonchev–Trinajstić information content (AvgIpc) is 2.98. The Morgan fingerprint density at radius 1 is 0.909 bits per heavy atom. The Labute approximate surface area is 198 Å². The van der Waals surface area contributed by atoms with Crippen LogP contribution in [-0.4, -0.2) is 41.5 Å². The van der Waals surface area contributed by atoms with Gasteiger partial charge in [0.1, 0.15) is 0 Å². The number of amides is 2. The summed E-state index contributed by atoms with van der Waals surface area (Å²) in [7, 11) is 0. The Balaban J connectivity index is 1.33. The summed E-state index contributed by atoms with van der Waals surface area (Å²) in [6.45, 7) is 1.20. The minimum Gasteiger partial charge on any atom is -0.392 e. The number of aliphatic hydroxyl groups excluding tert-OH is 1. The van der Waals surface area contributed by atoms with E-state index in [0.29, 0.717) is 29.1 Å². The molecule has 0 fully saturated rings. The van der Waals surface area contributed by atoms with Gasteiger partial charge >= 0.3 is 0 Å². The molecule has 2 heterocycles. The summed E-state index contributed by atoms with van der Waals surface area (Å²) >= 11 is 6.35. The molecule has 6 heteroatoms. The van der Waals surface area contributed by atoms with E-state index in [9.17, 15) is 14.7 Å². The zero-order valence-corrected chi connectivity index (χ0v) is 19.0. The summed E-state index contributed by atoms with van der Waals surface area (Å²) in [5.74, 6) is -0.409. The van der Waals surface area contributed by atoms with Gasteiger partial charge in [-0.15, -0.1) is 0 Å². The maximum atomic E-state index is 12.6. The minimum atomic E-state index is -0.204. The number of halogens is 1. The summed E-state index contributed by atoms with van der Waals surface area (Å²) in [5.41, 5.74) is 6.59. The lowest BCUT2D eigenvalue weighted by molar-refractivity contribution is 0.0652. The molecule has 2 aliphatic heterocycles. The second kappa shape index (κ2) is 9.00. The lowest BCUT2D eigenvalue weighted by Gasteiger charge is -2.31. The quantitative estimate of drug-likeness (QED) is 0.491. The lowest BCUT2D eigenvalue weighted by Crippen LogP contribution is -2.32. The van der Waals surface area contributed by atoms with Crippen LogP contribution in [0.4, 0.5) is 5.69 Å². The summed E-state index contributed by atoms with van der Waals surface area (Å²) in [6.07, 6.45) is 9.36. The number of rotatable bonds is 6. The van der Waals surface area contributed by atoms with Crippen molar-refractivity contribution in [1.29, 1.82) is 0 Å². The zero-order chi connectivity index (χ0) is 22.9. The molecular formula is C27H25ClN2O3. The van der Waals surface area contributed by atoms with Gasteiger partial charge in [-0.2, -0.15) is 0 Å². The molecule has 1 N–H and O–H groups in total. The van der Waals surface area contributed by atoms with Crippen molar-refractivity contribution >= 4 is 29.1 Å². The fourth-order valence-corrected chi connectivity index (χ4v) is 4.96. The Kier molecular flexibility index (Phi) is 5.92. The lowest BCUT2D eigenvalue weighted by atomic mass is 9.96. The standard InChI is InChI=1S/C27H25ClN2O3/c28-21-11-10-19-8-9-20-15-18(17-31)7-12-24(20)29(25(19)16-21)13-3-4-14-30-26(32)22-5-1-2-6-23(22)27(30)33/h1-2,5-7,9-12,16,31H,3-4,8,13-15,17H2. The van der Waals surface area contributed by atoms with Crippen LogP contribution in [0.5, 0.6) is 0 Å². The maximum Gasteiger partial charge on any atom is 0.261 e. The van der Waals surface area contributed by atoms with Crippen LogP contribution >= 0.6 is 11.6 Å². The van der Waals surface area contributed by atoms with E-state index in [-0.39, 0.29) is 18.4 Å². The maximum absolute atomic E-state index is 12.6. The molecular weight excluding hydrogens is 436 g/mol. The van der Waals surface area contributed by atoms with Gasteiger partial charge in [0.2, 0.25) is 0 Å². The van der Waals surface area contributed by atoms with Crippen molar-refractivity contribution in [3.8, 4) is 0 Å². The van der Waals surface area contributed by atoms with Crippen LogP contribution in [-0.2, 0) is 6.42 Å². The third kappa shape index (κ3) is 4.03. The highest BCUT2D eigenvalue weighted by molar-refractivity contribution is 6.30. The third-order valence-corrected chi connectivity index (χ3v) is 6.75. The number of fused-ring (bicyclic) bond motifs is 3. The average molecular weight is 461 g/mol. The Morgan fingerprint density at radius 3 is 2.30 bits per heavy atom. The predicted molar refractivity (Wildman–Crippen MR) is 129 cm³/mol. The van der Waals surface area contributed by atoms with E-state index in [1.165, 1.54) is 16.0 Å². The van der Waals surface area contributed by atoms with E-state index in [0.717, 1.165) is 42.8 Å². The number of imide groups is 1. The second-order valence-electron chi connectivity index (χ2n) is 8.58. The molecule has 2 aromatic rings. The fraction of sp³-hybridized carbons (Fsp3) is 0.259. The topological polar surface area (TPSA) is 60.9 Å². The third-order valence-electron chi connectivity index (χ3n) is 6.52. The number of unbranched alkanes of at least 4 members (excludes halogenated alkanes) is 1. The molecule has 0 atom stereocenters. The normalized spacial score (nSPS) is 17.1. The smallest absolute Gasteiger partial charge is 0.261 e. The Morgan fingerprint density at radius 2 is 1.61 bits per heavy atom. The van der Waals surface area contributed by atoms with E-state index in [1.807, 2.05) is 18.2 Å². The van der Waals surface area contributed by atoms with E-state index in [2.05, 4.69) is 23.1 Å². The van der Waals surface area contributed by atoms with Crippen molar-refractivity contribution < 1.29 is 14.7 Å². The molecule has 0 spiro atoms. The molecule has 0 saturated heterocycles. The number of hydrogen-bond acceptors (Lipinski definition) is 4. The van der Waals surface area contributed by atoms with Crippen LogP contribution in [0.2, 0.25) is 5.02 Å². The molecule has 2 amide bonds. The summed E-state index contributed by atoms with van der Waals surface area (Å²) in [5, 5.41) is 10.3. The number of anilines is 1. The molecule has 0 radical (unpaired) electrons. The first kappa shape index (κ1) is 21.7. The van der Waals surface area contributed by atoms with Crippen molar-refractivity contribution in [3.05, 3.63) is 99.2 Å². The largest absolute Gasteiger partial charge is 0.392 e. The van der Waals surface area contributed by atoms with Crippen LogP contribution in [0.15, 0.2) is 77.5 Å². The molecule has 5 rings (SSSR count). The molecule has 0 unspecified atom stereocenters. The summed E-state index contributed by atoms with van der Waals surface area (Å²) in [4.78, 5) is 28.9. The van der Waals surface area contributed by atoms with Crippen LogP contribution < -0.4 is 4.90 Å². The van der Waals surface area contributed by atoms with Gasteiger partial charge in [-0.05, 0) is 72.7 Å². The van der Waals surface area contributed by atoms with Gasteiger partial charge in [-0.3, -0.25) is 14.5 Å². The van der Waals surface area contributed by atoms with E-state index >= 15 is 0 Å². The molecule has 0 saturated carbocycles. The van der Waals surface area contributed by atoms with Gasteiger partial charge in [0.05, 0.1) is 17.7 Å². The molecule has 33 heavy (non-hydrogen) atoms. The molecule has 0 aromatic heterocycles. The Bertz CT molecular complexity index is 1190. The number of carbonyl (C=O) groups excluding carboxylic acids is 2. The minimum absolute atomic E-state index is 0.0557. The van der Waals surface area contributed by atoms with Crippen molar-refractivity contribution in [2.75, 3.05) is 24.6 Å². The van der Waals surface area contributed by atoms with Crippen LogP contribution in [0.1, 0.15) is 45.5 Å². The molecule has 168 valence electrons. The van der Waals surface area contributed by atoms with Gasteiger partial charge in [0.25, 0.3) is 11.8 Å². The molecule has 3 aliphatic rings. The van der Waals surface area contributed by atoms with Crippen molar-refractivity contribution in [2.24, 2.45) is 0 Å². The van der Waals surface area contributed by atoms with Gasteiger partial charge in [-0.1, -0.05) is 42.0 Å². The van der Waals surface area contributed by atoms with Crippen molar-refractivity contribution in [2.45, 2.75) is 25.7 Å². The number of allylic oxidation sites excluding steroid dienone is 4. The van der Waals surface area contributed by atoms with Gasteiger partial charge in [-0.25, -0.2) is 0 Å². The summed E-state index contributed by atoms with van der Waals surface area (Å²) < 4.78 is 0. The highest BCUT2D eigenvalue weighted by Gasteiger charge is 2.34. The van der Waals surface area contributed by atoms with E-state index in [1.54, 1.807) is 24.3 Å². The predicted octanol–water partition coefficient (Wildman–Crippen LogP) is 4.91. The SMILES string of the molecule is O=C1c2ccccc2C(=O)N1CCCCN1C2=CC=C(CO)CC2=CCc2ccc(Cl)cc21. The number of carbonyl (C=O) groups is 2. The van der Waals surface area contributed by atoms with Gasteiger partial charge in [0.15, 0.2) is 0 Å². The highest BCUT2D eigenvalue weighted by atomic mass is 35.5. The monoisotopic (exact) mass is 460 g/mol. The molecule has 0 bridgehead atoms. The van der Waals surface area contributed by atoms with E-state index < -0.39 is 0 Å². The zero-order valence-electron chi connectivity index (χ0n) is 18.3. The second-order valence-corrected chi connectivity index (χ2v) is 9.02. The van der Waals surface area contributed by atoms with Crippen molar-refractivity contribution in [1.82, 2.24) is 4.90 Å². The number of aliphatic hydroxyl groups is 1. The molecule has 1 aliphatic carbocycles. The highest BCUT2D eigenvalue weighted by Crippen LogP contribution is 2.37. The molecule has 2 aromatic carbocycles. The van der Waals surface area contributed by atoms with Crippen LogP contribution in [0.25, 0.3) is 0 Å². The number of nitrogens with zero attached hydrogens (tertiary/aromatic N) is 2. The van der Waals surface area contributed by atoms with E-state index in [4.69, 9.17) is 11.6 Å². The first-order chi connectivity index (χ1) is 16.1. The molecule has 5 nitrogen and oxygen atoms in total.